The summed E-state index contributed by atoms with van der Waals surface area (Å²) in [4.78, 5) is 29.7. The van der Waals surface area contributed by atoms with Crippen LogP contribution in [0.1, 0.15) is 12.1 Å². The van der Waals surface area contributed by atoms with Gasteiger partial charge >= 0.3 is 0 Å². The molecule has 0 atom stereocenters. The molecule has 3 aromatic rings. The molecule has 2 heterocycles. The quantitative estimate of drug-likeness (QED) is 0.382. The molecular formula is C24H24Cl2N2O5. The lowest BCUT2D eigenvalue weighted by Gasteiger charge is -2.17. The lowest BCUT2D eigenvalue weighted by molar-refractivity contribution is -0.114. The Morgan fingerprint density at radius 2 is 1.79 bits per heavy atom. The average molecular weight is 491 g/mol. The van der Waals surface area contributed by atoms with Crippen molar-refractivity contribution in [3.63, 3.8) is 0 Å². The van der Waals surface area contributed by atoms with Crippen LogP contribution in [0.15, 0.2) is 41.8 Å². The molecule has 0 saturated heterocycles. The van der Waals surface area contributed by atoms with E-state index in [1.807, 2.05) is 6.07 Å². The number of aromatic nitrogens is 2. The van der Waals surface area contributed by atoms with Gasteiger partial charge in [0.05, 0.1) is 42.0 Å². The van der Waals surface area contributed by atoms with Gasteiger partial charge in [-0.05, 0) is 24.6 Å². The number of allylic oxidation sites excluding steroid dienone is 1. The molecule has 1 aromatic carbocycles. The van der Waals surface area contributed by atoms with Crippen molar-refractivity contribution in [3.8, 4) is 22.6 Å². The second-order valence-electron chi connectivity index (χ2n) is 7.20. The van der Waals surface area contributed by atoms with Gasteiger partial charge in [0.15, 0.2) is 5.78 Å². The van der Waals surface area contributed by atoms with Gasteiger partial charge in [0.1, 0.15) is 11.5 Å². The minimum absolute atomic E-state index is 0.0692. The van der Waals surface area contributed by atoms with E-state index >= 15 is 0 Å². The molecule has 7 nitrogen and oxygen atoms in total. The monoisotopic (exact) mass is 490 g/mol. The van der Waals surface area contributed by atoms with Crippen LogP contribution in [0.5, 0.6) is 11.5 Å². The second kappa shape index (κ2) is 10.8. The summed E-state index contributed by atoms with van der Waals surface area (Å²) in [6.45, 7) is 4.10. The van der Waals surface area contributed by atoms with Gasteiger partial charge in [0.25, 0.3) is 5.56 Å². The molecule has 0 radical (unpaired) electrons. The molecule has 174 valence electrons. The maximum Gasteiger partial charge on any atom is 0.259 e. The number of methoxy groups -OCH3 is 3. The molecule has 0 aliphatic heterocycles. The SMILES string of the molecule is C=CC(=O)CCc1cc2c(cn1)cc(-c1c(Cl)c(OC)cc(OC)c1Cl)c(=O)n2CCOC. The normalized spacial score (nSPS) is 10.9. The number of ether oxygens (including phenoxy) is 3. The van der Waals surface area contributed by atoms with Crippen molar-refractivity contribution in [2.45, 2.75) is 19.4 Å². The topological polar surface area (TPSA) is 79.7 Å². The summed E-state index contributed by atoms with van der Waals surface area (Å²) in [6, 6.07) is 5.07. The van der Waals surface area contributed by atoms with Crippen molar-refractivity contribution in [1.82, 2.24) is 9.55 Å². The van der Waals surface area contributed by atoms with Gasteiger partial charge in [-0.1, -0.05) is 29.8 Å². The van der Waals surface area contributed by atoms with E-state index in [0.717, 1.165) is 0 Å². The largest absolute Gasteiger partial charge is 0.495 e. The molecule has 0 aliphatic carbocycles. The van der Waals surface area contributed by atoms with E-state index in [1.54, 1.807) is 30.0 Å². The van der Waals surface area contributed by atoms with Crippen LogP contribution < -0.4 is 15.0 Å². The fourth-order valence-electron chi connectivity index (χ4n) is 3.51. The van der Waals surface area contributed by atoms with Gasteiger partial charge in [0, 0.05) is 49.0 Å². The molecule has 0 amide bonds. The number of pyridine rings is 2. The van der Waals surface area contributed by atoms with Crippen LogP contribution in [0, 0.1) is 0 Å². The molecule has 0 spiro atoms. The first-order chi connectivity index (χ1) is 15.9. The maximum absolute atomic E-state index is 13.6. The number of halogens is 2. The predicted octanol–water partition coefficient (Wildman–Crippen LogP) is 4.72. The summed E-state index contributed by atoms with van der Waals surface area (Å²) in [6.07, 6.45) is 3.68. The molecular weight excluding hydrogens is 467 g/mol. The Labute approximate surface area is 201 Å². The highest BCUT2D eigenvalue weighted by Gasteiger charge is 2.23. The number of benzene rings is 1. The Morgan fingerprint density at radius 1 is 1.12 bits per heavy atom. The Hall–Kier alpha value is -2.87. The highest BCUT2D eigenvalue weighted by molar-refractivity contribution is 6.41. The molecule has 3 rings (SSSR count). The number of fused-ring (bicyclic) bond motifs is 1. The van der Waals surface area contributed by atoms with E-state index in [2.05, 4.69) is 11.6 Å². The lowest BCUT2D eigenvalue weighted by Crippen LogP contribution is -2.24. The molecule has 0 unspecified atom stereocenters. The van der Waals surface area contributed by atoms with Crippen molar-refractivity contribution in [3.05, 3.63) is 63.1 Å². The summed E-state index contributed by atoms with van der Waals surface area (Å²) in [7, 11) is 4.50. The van der Waals surface area contributed by atoms with E-state index in [4.69, 9.17) is 37.4 Å². The van der Waals surface area contributed by atoms with E-state index in [9.17, 15) is 9.59 Å². The molecule has 2 aromatic heterocycles. The first kappa shape index (κ1) is 24.8. The molecule has 0 saturated carbocycles. The predicted molar refractivity (Wildman–Crippen MR) is 130 cm³/mol. The lowest BCUT2D eigenvalue weighted by atomic mass is 10.0. The van der Waals surface area contributed by atoms with Crippen molar-refractivity contribution >= 4 is 39.9 Å². The van der Waals surface area contributed by atoms with E-state index in [1.165, 1.54) is 20.3 Å². The van der Waals surface area contributed by atoms with Gasteiger partial charge in [0.2, 0.25) is 0 Å². The first-order valence-electron chi connectivity index (χ1n) is 10.1. The zero-order valence-electron chi connectivity index (χ0n) is 18.6. The highest BCUT2D eigenvalue weighted by atomic mass is 35.5. The number of hydrogen-bond acceptors (Lipinski definition) is 6. The fraction of sp³-hybridized carbons (Fsp3) is 0.292. The maximum atomic E-state index is 13.6. The van der Waals surface area contributed by atoms with Crippen LogP contribution >= 0.6 is 23.2 Å². The number of rotatable bonds is 10. The van der Waals surface area contributed by atoms with Crippen LogP contribution in [0.4, 0.5) is 0 Å². The Morgan fingerprint density at radius 3 is 2.36 bits per heavy atom. The van der Waals surface area contributed by atoms with Crippen molar-refractivity contribution < 1.29 is 19.0 Å². The Bertz CT molecular complexity index is 1240. The minimum Gasteiger partial charge on any atom is -0.495 e. The highest BCUT2D eigenvalue weighted by Crippen LogP contribution is 2.45. The third-order valence-corrected chi connectivity index (χ3v) is 6.00. The number of hydrogen-bond donors (Lipinski definition) is 0. The summed E-state index contributed by atoms with van der Waals surface area (Å²) >= 11 is 13.1. The third kappa shape index (κ3) is 5.05. The Balaban J connectivity index is 2.27. The summed E-state index contributed by atoms with van der Waals surface area (Å²) in [5.41, 5.74) is 1.64. The number of carbonyl (C=O) groups is 1. The second-order valence-corrected chi connectivity index (χ2v) is 7.95. The molecule has 33 heavy (non-hydrogen) atoms. The molecule has 9 heteroatoms. The number of aryl methyl sites for hydroxylation is 1. The van der Waals surface area contributed by atoms with Gasteiger partial charge < -0.3 is 18.8 Å². The van der Waals surface area contributed by atoms with E-state index < -0.39 is 0 Å². The van der Waals surface area contributed by atoms with Gasteiger partial charge in [-0.2, -0.15) is 0 Å². The third-order valence-electron chi connectivity index (χ3n) is 5.25. The van der Waals surface area contributed by atoms with Crippen molar-refractivity contribution in [2.24, 2.45) is 0 Å². The molecule has 0 N–H and O–H groups in total. The summed E-state index contributed by atoms with van der Waals surface area (Å²) in [5.74, 6) is 0.590. The average Bonchev–Trinajstić information content (AvgIpc) is 2.82. The standard InChI is InChI=1S/C24H24Cl2N2O5/c1-5-16(29)7-6-15-11-18-14(13-27-15)10-17(24(30)28(18)8-9-31-2)21-22(25)19(32-3)12-20(33-4)23(21)26/h5,10-13H,1,6-9H2,2-4H3. The molecule has 0 aliphatic rings. The van der Waals surface area contributed by atoms with Crippen LogP contribution in [0.25, 0.3) is 22.0 Å². The fourth-order valence-corrected chi connectivity index (χ4v) is 4.21. The zero-order valence-corrected chi connectivity index (χ0v) is 20.1. The smallest absolute Gasteiger partial charge is 0.259 e. The number of carbonyl (C=O) groups excluding carboxylic acids is 1. The van der Waals surface area contributed by atoms with Crippen molar-refractivity contribution in [2.75, 3.05) is 27.9 Å². The summed E-state index contributed by atoms with van der Waals surface area (Å²) in [5, 5.41) is 1.10. The zero-order chi connectivity index (χ0) is 24.1. The van der Waals surface area contributed by atoms with E-state index in [0.29, 0.717) is 53.2 Å². The molecule has 0 bridgehead atoms. The van der Waals surface area contributed by atoms with Crippen LogP contribution in [0.3, 0.4) is 0 Å². The van der Waals surface area contributed by atoms with Crippen LogP contribution in [-0.4, -0.2) is 43.3 Å². The van der Waals surface area contributed by atoms with Gasteiger partial charge in [-0.15, -0.1) is 0 Å². The van der Waals surface area contributed by atoms with Gasteiger partial charge in [-0.3, -0.25) is 14.6 Å². The van der Waals surface area contributed by atoms with E-state index in [-0.39, 0.29) is 33.4 Å². The summed E-state index contributed by atoms with van der Waals surface area (Å²) < 4.78 is 17.5. The minimum atomic E-state index is -0.307. The number of ketones is 1. The Kier molecular flexibility index (Phi) is 8.13. The van der Waals surface area contributed by atoms with Crippen LogP contribution in [-0.2, 0) is 22.5 Å². The van der Waals surface area contributed by atoms with Crippen molar-refractivity contribution in [1.29, 1.82) is 0 Å². The van der Waals surface area contributed by atoms with Crippen LogP contribution in [0.2, 0.25) is 10.0 Å². The van der Waals surface area contributed by atoms with Gasteiger partial charge in [-0.25, -0.2) is 0 Å². The first-order valence-corrected chi connectivity index (χ1v) is 10.9. The molecule has 0 fully saturated rings. The number of nitrogens with zero attached hydrogens (tertiary/aromatic N) is 2.